The first-order chi connectivity index (χ1) is 12.8. The fourth-order valence-corrected chi connectivity index (χ4v) is 3.18. The highest BCUT2D eigenvalue weighted by atomic mass is 16.2. The number of rotatable bonds is 5. The van der Waals surface area contributed by atoms with Crippen LogP contribution in [0.1, 0.15) is 46.5 Å². The van der Waals surface area contributed by atoms with Crippen molar-refractivity contribution in [1.82, 2.24) is 0 Å². The number of carbonyl (C=O) groups is 4. The summed E-state index contributed by atoms with van der Waals surface area (Å²) in [6.45, 7) is 5.10. The third-order valence-corrected chi connectivity index (χ3v) is 4.63. The van der Waals surface area contributed by atoms with Crippen LogP contribution in [0.2, 0.25) is 0 Å². The van der Waals surface area contributed by atoms with Crippen molar-refractivity contribution < 1.29 is 19.2 Å². The highest BCUT2D eigenvalue weighted by molar-refractivity contribution is 6.53. The summed E-state index contributed by atoms with van der Waals surface area (Å²) < 4.78 is 0. The Kier molecular flexibility index (Phi) is 4.90. The number of benzene rings is 2. The van der Waals surface area contributed by atoms with Crippen LogP contribution >= 0.6 is 0 Å². The van der Waals surface area contributed by atoms with E-state index in [1.807, 2.05) is 13.0 Å². The van der Waals surface area contributed by atoms with Gasteiger partial charge in [0.15, 0.2) is 5.78 Å². The molecule has 0 aliphatic carbocycles. The molecule has 0 radical (unpaired) electrons. The van der Waals surface area contributed by atoms with Gasteiger partial charge in [0.1, 0.15) is 6.04 Å². The van der Waals surface area contributed by atoms with Crippen LogP contribution in [-0.2, 0) is 9.59 Å². The van der Waals surface area contributed by atoms with Gasteiger partial charge in [-0.1, -0.05) is 18.6 Å². The molecule has 2 aromatic rings. The van der Waals surface area contributed by atoms with Gasteiger partial charge in [0.2, 0.25) is 5.91 Å². The van der Waals surface area contributed by atoms with E-state index in [1.54, 1.807) is 43.3 Å². The lowest BCUT2D eigenvalue weighted by atomic mass is 10.1. The van der Waals surface area contributed by atoms with Crippen molar-refractivity contribution in [3.63, 3.8) is 0 Å². The molecule has 0 bridgehead atoms. The summed E-state index contributed by atoms with van der Waals surface area (Å²) >= 11 is 0. The largest absolute Gasteiger partial charge is 0.324 e. The van der Waals surface area contributed by atoms with Crippen LogP contribution in [0.4, 0.5) is 11.4 Å². The number of aryl methyl sites for hydroxylation is 1. The van der Waals surface area contributed by atoms with E-state index < -0.39 is 17.7 Å². The molecular weight excluding hydrogens is 344 g/mol. The van der Waals surface area contributed by atoms with E-state index >= 15 is 0 Å². The van der Waals surface area contributed by atoms with E-state index in [0.717, 1.165) is 5.56 Å². The van der Waals surface area contributed by atoms with Gasteiger partial charge in [-0.2, -0.15) is 0 Å². The van der Waals surface area contributed by atoms with Crippen LogP contribution in [0.3, 0.4) is 0 Å². The number of ketones is 2. The molecular formula is C21H20N2O4. The average Bonchev–Trinajstić information content (AvgIpc) is 2.88. The smallest absolute Gasteiger partial charge is 0.300 e. The molecule has 3 rings (SSSR count). The van der Waals surface area contributed by atoms with Gasteiger partial charge in [-0.3, -0.25) is 24.1 Å². The van der Waals surface area contributed by atoms with Gasteiger partial charge in [-0.15, -0.1) is 0 Å². The second-order valence-electron chi connectivity index (χ2n) is 6.57. The Hall–Kier alpha value is -3.28. The first-order valence-corrected chi connectivity index (χ1v) is 8.74. The van der Waals surface area contributed by atoms with Gasteiger partial charge in [-0.25, -0.2) is 0 Å². The Bertz CT molecular complexity index is 947. The molecule has 1 unspecified atom stereocenters. The summed E-state index contributed by atoms with van der Waals surface area (Å²) in [7, 11) is 0. The highest BCUT2D eigenvalue weighted by Gasteiger charge is 2.41. The molecule has 1 aliphatic rings. The SMILES string of the molecule is CCC(C(=O)Nc1ccc(C(C)=O)cc1)N1C(=O)C(=O)c2cc(C)ccc21. The number of amides is 2. The van der Waals surface area contributed by atoms with Gasteiger partial charge in [0.25, 0.3) is 11.7 Å². The summed E-state index contributed by atoms with van der Waals surface area (Å²) in [4.78, 5) is 50.2. The molecule has 138 valence electrons. The monoisotopic (exact) mass is 364 g/mol. The van der Waals surface area contributed by atoms with Gasteiger partial charge < -0.3 is 5.32 Å². The molecule has 6 heteroatoms. The van der Waals surface area contributed by atoms with Crippen molar-refractivity contribution in [3.05, 3.63) is 59.2 Å². The predicted molar refractivity (Wildman–Crippen MR) is 102 cm³/mol. The third-order valence-electron chi connectivity index (χ3n) is 4.63. The quantitative estimate of drug-likeness (QED) is 0.652. The fraction of sp³-hybridized carbons (Fsp3) is 0.238. The average molecular weight is 364 g/mol. The number of fused-ring (bicyclic) bond motifs is 1. The molecule has 1 heterocycles. The van der Waals surface area contributed by atoms with Crippen molar-refractivity contribution in [1.29, 1.82) is 0 Å². The molecule has 0 fully saturated rings. The molecule has 27 heavy (non-hydrogen) atoms. The summed E-state index contributed by atoms with van der Waals surface area (Å²) in [5, 5.41) is 2.76. The minimum atomic E-state index is -0.808. The zero-order valence-electron chi connectivity index (χ0n) is 15.4. The molecule has 0 spiro atoms. The topological polar surface area (TPSA) is 83.6 Å². The van der Waals surface area contributed by atoms with E-state index in [4.69, 9.17) is 0 Å². The molecule has 1 N–H and O–H groups in total. The molecule has 1 aliphatic heterocycles. The number of hydrogen-bond donors (Lipinski definition) is 1. The normalized spacial score (nSPS) is 14.1. The Balaban J connectivity index is 1.86. The lowest BCUT2D eigenvalue weighted by Crippen LogP contribution is -2.46. The molecule has 6 nitrogen and oxygen atoms in total. The van der Waals surface area contributed by atoms with Crippen LogP contribution < -0.4 is 10.2 Å². The molecule has 0 saturated heterocycles. The van der Waals surface area contributed by atoms with Crippen LogP contribution in [0.5, 0.6) is 0 Å². The number of nitrogens with one attached hydrogen (secondary N) is 1. The molecule has 1 atom stereocenters. The maximum absolute atomic E-state index is 12.8. The zero-order chi connectivity index (χ0) is 19.7. The predicted octanol–water partition coefficient (Wildman–Crippen LogP) is 3.14. The van der Waals surface area contributed by atoms with Gasteiger partial charge in [0, 0.05) is 11.3 Å². The Labute approximate surface area is 157 Å². The number of hydrogen-bond acceptors (Lipinski definition) is 4. The second-order valence-corrected chi connectivity index (χ2v) is 6.57. The standard InChI is InChI=1S/C21H20N2O4/c1-4-17(20(26)22-15-8-6-14(7-9-15)13(3)24)23-18-10-5-12(2)11-16(18)19(25)21(23)27/h5-11,17H,4H2,1-3H3,(H,22,26). The minimum Gasteiger partial charge on any atom is -0.324 e. The number of Topliss-reactive ketones (excluding diaryl/α,β-unsaturated/α-hetero) is 2. The lowest BCUT2D eigenvalue weighted by molar-refractivity contribution is -0.121. The highest BCUT2D eigenvalue weighted by Crippen LogP contribution is 2.32. The Morgan fingerprint density at radius 1 is 1.07 bits per heavy atom. The Morgan fingerprint density at radius 2 is 1.74 bits per heavy atom. The van der Waals surface area contributed by atoms with Crippen molar-refractivity contribution in [3.8, 4) is 0 Å². The van der Waals surface area contributed by atoms with Crippen molar-refractivity contribution in [2.24, 2.45) is 0 Å². The van der Waals surface area contributed by atoms with Crippen molar-refractivity contribution >= 4 is 34.8 Å². The minimum absolute atomic E-state index is 0.0626. The lowest BCUT2D eigenvalue weighted by Gasteiger charge is -2.26. The zero-order valence-corrected chi connectivity index (χ0v) is 15.4. The van der Waals surface area contributed by atoms with E-state index in [0.29, 0.717) is 28.9 Å². The van der Waals surface area contributed by atoms with Gasteiger partial charge in [0.05, 0.1) is 11.3 Å². The van der Waals surface area contributed by atoms with Crippen molar-refractivity contribution in [2.45, 2.75) is 33.2 Å². The molecule has 0 saturated carbocycles. The first-order valence-electron chi connectivity index (χ1n) is 8.74. The van der Waals surface area contributed by atoms with Crippen LogP contribution in [-0.4, -0.2) is 29.4 Å². The molecule has 0 aromatic heterocycles. The van der Waals surface area contributed by atoms with E-state index in [1.165, 1.54) is 11.8 Å². The molecule has 2 amide bonds. The second kappa shape index (κ2) is 7.15. The summed E-state index contributed by atoms with van der Waals surface area (Å²) in [6.07, 6.45) is 0.351. The molecule has 2 aromatic carbocycles. The van der Waals surface area contributed by atoms with E-state index in [2.05, 4.69) is 5.32 Å². The summed E-state index contributed by atoms with van der Waals surface area (Å²) in [5.74, 6) is -1.73. The summed E-state index contributed by atoms with van der Waals surface area (Å²) in [5.41, 5.74) is 2.73. The van der Waals surface area contributed by atoms with Gasteiger partial charge >= 0.3 is 0 Å². The van der Waals surface area contributed by atoms with Crippen LogP contribution in [0, 0.1) is 6.92 Å². The fourth-order valence-electron chi connectivity index (χ4n) is 3.18. The third kappa shape index (κ3) is 3.38. The number of nitrogens with zero attached hydrogens (tertiary/aromatic N) is 1. The van der Waals surface area contributed by atoms with Gasteiger partial charge in [-0.05, 0) is 56.7 Å². The number of carbonyl (C=O) groups excluding carboxylic acids is 4. The van der Waals surface area contributed by atoms with Crippen molar-refractivity contribution in [2.75, 3.05) is 10.2 Å². The van der Waals surface area contributed by atoms with Crippen LogP contribution in [0.25, 0.3) is 0 Å². The Morgan fingerprint density at radius 3 is 2.33 bits per heavy atom. The van der Waals surface area contributed by atoms with E-state index in [9.17, 15) is 19.2 Å². The maximum atomic E-state index is 12.8. The summed E-state index contributed by atoms with van der Waals surface area (Å²) in [6, 6.07) is 10.9. The first kappa shape index (κ1) is 18.5. The van der Waals surface area contributed by atoms with Crippen LogP contribution in [0.15, 0.2) is 42.5 Å². The van der Waals surface area contributed by atoms with E-state index in [-0.39, 0.29) is 11.7 Å². The number of anilines is 2. The maximum Gasteiger partial charge on any atom is 0.300 e.